The highest BCUT2D eigenvalue weighted by Crippen LogP contribution is 2.21. The number of fused-ring (bicyclic) bond motifs is 1. The molecule has 0 amide bonds. The molecule has 2 heterocycles. The second-order valence-electron chi connectivity index (χ2n) is 6.88. The molecule has 2 rings (SSSR count). The maximum absolute atomic E-state index is 9.64. The van der Waals surface area contributed by atoms with Crippen molar-refractivity contribution in [2.45, 2.75) is 57.5 Å². The van der Waals surface area contributed by atoms with Crippen molar-refractivity contribution >= 4 is 0 Å². The molecule has 2 aliphatic rings. The predicted octanol–water partition coefficient (Wildman–Crippen LogP) is 1.30. The number of piperidine rings is 1. The molecule has 118 valence electrons. The zero-order valence-corrected chi connectivity index (χ0v) is 13.4. The average molecular weight is 283 g/mol. The highest BCUT2D eigenvalue weighted by molar-refractivity contribution is 4.88. The van der Waals surface area contributed by atoms with Crippen molar-refractivity contribution < 1.29 is 5.11 Å². The van der Waals surface area contributed by atoms with E-state index >= 15 is 0 Å². The molecule has 0 aromatic carbocycles. The molecule has 0 aromatic heterocycles. The summed E-state index contributed by atoms with van der Waals surface area (Å²) in [7, 11) is 0. The van der Waals surface area contributed by atoms with Gasteiger partial charge in [-0.3, -0.25) is 4.90 Å². The minimum absolute atomic E-state index is 0.111. The molecule has 0 aliphatic carbocycles. The fraction of sp³-hybridized carbons (Fsp3) is 1.00. The highest BCUT2D eigenvalue weighted by Gasteiger charge is 2.30. The van der Waals surface area contributed by atoms with Gasteiger partial charge in [0, 0.05) is 37.8 Å². The molecule has 20 heavy (non-hydrogen) atoms. The first-order valence-corrected chi connectivity index (χ1v) is 8.49. The zero-order valence-electron chi connectivity index (χ0n) is 13.4. The first-order chi connectivity index (χ1) is 9.67. The van der Waals surface area contributed by atoms with E-state index < -0.39 is 0 Å². The van der Waals surface area contributed by atoms with E-state index in [0.717, 1.165) is 32.0 Å². The van der Waals surface area contributed by atoms with Crippen molar-refractivity contribution in [1.29, 1.82) is 0 Å². The van der Waals surface area contributed by atoms with Gasteiger partial charge in [0.1, 0.15) is 0 Å². The lowest BCUT2D eigenvalue weighted by Crippen LogP contribution is -2.56. The molecule has 0 aromatic rings. The van der Waals surface area contributed by atoms with Gasteiger partial charge >= 0.3 is 0 Å². The number of rotatable bonds is 7. The van der Waals surface area contributed by atoms with E-state index in [0.29, 0.717) is 0 Å². The van der Waals surface area contributed by atoms with Crippen molar-refractivity contribution in [3.8, 4) is 0 Å². The molecule has 2 atom stereocenters. The Balaban J connectivity index is 1.75. The Bertz CT molecular complexity index is 287. The molecule has 0 saturated carbocycles. The predicted molar refractivity (Wildman–Crippen MR) is 84.1 cm³/mol. The third-order valence-electron chi connectivity index (χ3n) is 5.05. The Hall–Kier alpha value is -0.160. The summed E-state index contributed by atoms with van der Waals surface area (Å²) in [5, 5.41) is 13.1. The first kappa shape index (κ1) is 16.2. The number of aliphatic hydroxyl groups is 1. The molecular formula is C16H33N3O. The molecule has 2 N–H and O–H groups in total. The molecular weight excluding hydrogens is 250 g/mol. The monoisotopic (exact) mass is 283 g/mol. The minimum Gasteiger partial charge on any atom is -0.394 e. The van der Waals surface area contributed by atoms with Gasteiger partial charge in [-0.1, -0.05) is 13.3 Å². The Labute approximate surface area is 124 Å². The number of hydrogen-bond acceptors (Lipinski definition) is 4. The molecule has 4 heteroatoms. The maximum atomic E-state index is 9.64. The van der Waals surface area contributed by atoms with Crippen LogP contribution in [0.25, 0.3) is 0 Å². The van der Waals surface area contributed by atoms with Gasteiger partial charge in [0.15, 0.2) is 0 Å². The van der Waals surface area contributed by atoms with Crippen molar-refractivity contribution in [3.63, 3.8) is 0 Å². The Kier molecular flexibility index (Phi) is 6.27. The molecule has 4 nitrogen and oxygen atoms in total. The van der Waals surface area contributed by atoms with Crippen LogP contribution in [-0.4, -0.2) is 72.4 Å². The minimum atomic E-state index is -0.111. The van der Waals surface area contributed by atoms with Crippen molar-refractivity contribution in [2.24, 2.45) is 0 Å². The van der Waals surface area contributed by atoms with E-state index in [9.17, 15) is 5.11 Å². The maximum Gasteiger partial charge on any atom is 0.0611 e. The molecule has 2 fully saturated rings. The van der Waals surface area contributed by atoms with Crippen LogP contribution in [0.3, 0.4) is 0 Å². The fourth-order valence-corrected chi connectivity index (χ4v) is 3.48. The number of nitrogens with zero attached hydrogens (tertiary/aromatic N) is 2. The molecule has 2 aliphatic heterocycles. The first-order valence-electron chi connectivity index (χ1n) is 8.49. The van der Waals surface area contributed by atoms with Crippen LogP contribution >= 0.6 is 0 Å². The summed E-state index contributed by atoms with van der Waals surface area (Å²) < 4.78 is 0. The van der Waals surface area contributed by atoms with Crippen molar-refractivity contribution in [2.75, 3.05) is 45.9 Å². The number of aliphatic hydroxyl groups excluding tert-OH is 1. The summed E-state index contributed by atoms with van der Waals surface area (Å²) in [5.41, 5.74) is -0.111. The summed E-state index contributed by atoms with van der Waals surface area (Å²) in [6, 6.07) is 0.793. The largest absolute Gasteiger partial charge is 0.394 e. The summed E-state index contributed by atoms with van der Waals surface area (Å²) in [6.07, 6.45) is 6.33. The average Bonchev–Trinajstić information content (AvgIpc) is 2.51. The van der Waals surface area contributed by atoms with Crippen LogP contribution in [0.1, 0.15) is 46.0 Å². The van der Waals surface area contributed by atoms with Gasteiger partial charge in [-0.15, -0.1) is 0 Å². The third-order valence-corrected chi connectivity index (χ3v) is 5.05. The smallest absolute Gasteiger partial charge is 0.0611 e. The Morgan fingerprint density at radius 2 is 2.10 bits per heavy atom. The van der Waals surface area contributed by atoms with E-state index in [1.807, 2.05) is 0 Å². The van der Waals surface area contributed by atoms with E-state index in [-0.39, 0.29) is 12.1 Å². The van der Waals surface area contributed by atoms with Crippen LogP contribution in [0, 0.1) is 0 Å². The van der Waals surface area contributed by atoms with E-state index in [1.165, 1.54) is 45.4 Å². The van der Waals surface area contributed by atoms with Gasteiger partial charge in [0.2, 0.25) is 0 Å². The van der Waals surface area contributed by atoms with Gasteiger partial charge in [0.25, 0.3) is 0 Å². The van der Waals surface area contributed by atoms with Crippen LogP contribution in [-0.2, 0) is 0 Å². The molecule has 2 unspecified atom stereocenters. The number of piperazine rings is 1. The van der Waals surface area contributed by atoms with Crippen molar-refractivity contribution in [1.82, 2.24) is 15.1 Å². The van der Waals surface area contributed by atoms with Crippen LogP contribution in [0.2, 0.25) is 0 Å². The normalized spacial score (nSPS) is 28.1. The van der Waals surface area contributed by atoms with Crippen LogP contribution in [0.4, 0.5) is 0 Å². The van der Waals surface area contributed by atoms with E-state index in [2.05, 4.69) is 29.0 Å². The second-order valence-corrected chi connectivity index (χ2v) is 6.88. The lowest BCUT2D eigenvalue weighted by molar-refractivity contribution is 0.0419. The lowest BCUT2D eigenvalue weighted by atomic mass is 9.96. The summed E-state index contributed by atoms with van der Waals surface area (Å²) in [4.78, 5) is 5.29. The van der Waals surface area contributed by atoms with E-state index in [1.54, 1.807) is 0 Å². The SMILES string of the molecule is CCCNC(C)(CO)CCN1CCN2CCCCC2C1. The number of hydrogen-bond donors (Lipinski definition) is 2. The summed E-state index contributed by atoms with van der Waals surface area (Å²) in [5.74, 6) is 0. The summed E-state index contributed by atoms with van der Waals surface area (Å²) >= 11 is 0. The van der Waals surface area contributed by atoms with Gasteiger partial charge in [-0.2, -0.15) is 0 Å². The van der Waals surface area contributed by atoms with Crippen LogP contribution < -0.4 is 5.32 Å². The molecule has 0 bridgehead atoms. The summed E-state index contributed by atoms with van der Waals surface area (Å²) in [6.45, 7) is 11.6. The second kappa shape index (κ2) is 7.74. The van der Waals surface area contributed by atoms with Crippen LogP contribution in [0.5, 0.6) is 0 Å². The Morgan fingerprint density at radius 3 is 2.85 bits per heavy atom. The molecule has 0 spiro atoms. The lowest BCUT2D eigenvalue weighted by Gasteiger charge is -2.44. The standard InChI is InChI=1S/C16H33N3O/c1-3-8-17-16(2,14-20)7-10-18-11-12-19-9-5-4-6-15(19)13-18/h15,17,20H,3-14H2,1-2H3. The van der Waals surface area contributed by atoms with Gasteiger partial charge < -0.3 is 15.3 Å². The quantitative estimate of drug-likeness (QED) is 0.739. The fourth-order valence-electron chi connectivity index (χ4n) is 3.48. The van der Waals surface area contributed by atoms with Crippen molar-refractivity contribution in [3.05, 3.63) is 0 Å². The zero-order chi connectivity index (χ0) is 14.4. The molecule has 0 radical (unpaired) electrons. The topological polar surface area (TPSA) is 38.7 Å². The Morgan fingerprint density at radius 1 is 1.25 bits per heavy atom. The van der Waals surface area contributed by atoms with Gasteiger partial charge in [-0.25, -0.2) is 0 Å². The molecule has 2 saturated heterocycles. The van der Waals surface area contributed by atoms with Gasteiger partial charge in [-0.05, 0) is 45.7 Å². The highest BCUT2D eigenvalue weighted by atomic mass is 16.3. The van der Waals surface area contributed by atoms with E-state index in [4.69, 9.17) is 0 Å². The number of nitrogens with one attached hydrogen (secondary N) is 1. The third kappa shape index (κ3) is 4.42. The van der Waals surface area contributed by atoms with Crippen LogP contribution in [0.15, 0.2) is 0 Å². The van der Waals surface area contributed by atoms with Gasteiger partial charge in [0.05, 0.1) is 6.61 Å².